The molecule has 0 atom stereocenters. The van der Waals surface area contributed by atoms with E-state index in [2.05, 4.69) is 18.1 Å². The van der Waals surface area contributed by atoms with E-state index in [1.165, 1.54) is 6.08 Å². The van der Waals surface area contributed by atoms with Crippen LogP contribution in [0.15, 0.2) is 36.6 Å². The van der Waals surface area contributed by atoms with Crippen LogP contribution in [-0.4, -0.2) is 0 Å². The van der Waals surface area contributed by atoms with Crippen molar-refractivity contribution in [3.05, 3.63) is 36.6 Å². The molecule has 0 saturated carbocycles. The fourth-order valence-corrected chi connectivity index (χ4v) is 0.261. The van der Waals surface area contributed by atoms with E-state index in [1.54, 1.807) is 13.0 Å². The molecule has 50 valence electrons. The Kier molecular flexibility index (Phi) is 3.44. The molecule has 0 aromatic carbocycles. The summed E-state index contributed by atoms with van der Waals surface area (Å²) in [5, 5.41) is 0. The van der Waals surface area contributed by atoms with Crippen LogP contribution in [0.5, 0.6) is 0 Å². The molecule has 0 unspecified atom stereocenters. The monoisotopic (exact) mass is 128 g/mol. The largest absolute Gasteiger partial charge is 0.295 e. The van der Waals surface area contributed by atoms with E-state index in [0.717, 1.165) is 5.57 Å². The van der Waals surface area contributed by atoms with E-state index in [9.17, 15) is 4.53 Å². The number of hydrogen-bond donors (Lipinski definition) is 0. The van der Waals surface area contributed by atoms with Gasteiger partial charge in [0.05, 0.1) is 0 Å². The molecule has 9 heavy (non-hydrogen) atoms. The lowest BCUT2D eigenvalue weighted by atomic mass is 10.3. The van der Waals surface area contributed by atoms with Gasteiger partial charge in [0.15, 0.2) is 5.76 Å². The van der Waals surface area contributed by atoms with E-state index >= 15 is 0 Å². The maximum atomic E-state index is 11.2. The van der Waals surface area contributed by atoms with Crippen LogP contribution >= 0.6 is 0 Å². The summed E-state index contributed by atoms with van der Waals surface area (Å²) in [6.07, 6.45) is 3.02. The minimum atomic E-state index is -0.0157. The summed E-state index contributed by atoms with van der Waals surface area (Å²) >= 11 is 0. The summed E-state index contributed by atoms with van der Waals surface area (Å²) in [5.74, 6) is -0.0157. The van der Waals surface area contributed by atoms with Gasteiger partial charge in [-0.25, -0.2) is 0 Å². The Morgan fingerprint density at radius 1 is 1.44 bits per heavy atom. The maximum absolute atomic E-state index is 11.2. The van der Waals surface area contributed by atoms with Gasteiger partial charge in [-0.05, 0) is 13.0 Å². The first-order chi connectivity index (χ1) is 4.16. The van der Waals surface area contributed by atoms with Crippen molar-refractivity contribution < 1.29 is 9.47 Å². The molecule has 0 fully saturated rings. The van der Waals surface area contributed by atoms with Gasteiger partial charge in [-0.1, -0.05) is 24.8 Å². The van der Waals surface area contributed by atoms with Gasteiger partial charge in [0.1, 0.15) is 0 Å². The van der Waals surface area contributed by atoms with E-state index in [-0.39, 0.29) is 5.76 Å². The molecule has 0 rings (SSSR count). The van der Waals surface area contributed by atoms with Gasteiger partial charge < -0.3 is 0 Å². The lowest BCUT2D eigenvalue weighted by Crippen LogP contribution is -1.71. The van der Waals surface area contributed by atoms with Crippen LogP contribution in [0.25, 0.3) is 0 Å². The Bertz CT molecular complexity index is 147. The molecule has 2 heteroatoms. The van der Waals surface area contributed by atoms with Crippen molar-refractivity contribution in [3.8, 4) is 0 Å². The van der Waals surface area contributed by atoms with Crippen LogP contribution in [0.1, 0.15) is 6.92 Å². The zero-order chi connectivity index (χ0) is 7.28. The van der Waals surface area contributed by atoms with Crippen LogP contribution in [-0.2, 0) is 4.94 Å². The van der Waals surface area contributed by atoms with Gasteiger partial charge in [0.25, 0.3) is 0 Å². The number of hydrogen-bond acceptors (Lipinski definition) is 1. The van der Waals surface area contributed by atoms with Crippen molar-refractivity contribution in [1.82, 2.24) is 0 Å². The quantitative estimate of drug-likeness (QED) is 0.419. The summed E-state index contributed by atoms with van der Waals surface area (Å²) in [4.78, 5) is 3.28. The van der Waals surface area contributed by atoms with Gasteiger partial charge in [-0.2, -0.15) is 0 Å². The first kappa shape index (κ1) is 7.95. The minimum absolute atomic E-state index is 0.0157. The van der Waals surface area contributed by atoms with Crippen molar-refractivity contribution in [2.45, 2.75) is 6.92 Å². The topological polar surface area (TPSA) is 9.23 Å². The molecule has 0 aromatic rings. The van der Waals surface area contributed by atoms with Gasteiger partial charge >= 0.3 is 0 Å². The van der Waals surface area contributed by atoms with Crippen molar-refractivity contribution in [2.24, 2.45) is 0 Å². The molecule has 0 amide bonds. The average Bonchev–Trinajstić information content (AvgIpc) is 1.83. The van der Waals surface area contributed by atoms with E-state index < -0.39 is 0 Å². The van der Waals surface area contributed by atoms with E-state index in [4.69, 9.17) is 0 Å². The smallest absolute Gasteiger partial charge is 0.164 e. The Morgan fingerprint density at radius 3 is 2.33 bits per heavy atom. The minimum Gasteiger partial charge on any atom is -0.295 e. The molecule has 0 heterocycles. The van der Waals surface area contributed by atoms with Crippen LogP contribution in [0, 0.1) is 0 Å². The Morgan fingerprint density at radius 2 is 2.00 bits per heavy atom. The maximum Gasteiger partial charge on any atom is 0.164 e. The van der Waals surface area contributed by atoms with Crippen LogP contribution < -0.4 is 0 Å². The average molecular weight is 128 g/mol. The summed E-state index contributed by atoms with van der Waals surface area (Å²) in [6.45, 7) is 8.57. The molecule has 0 spiro atoms. The van der Waals surface area contributed by atoms with Crippen LogP contribution in [0.2, 0.25) is 0 Å². The number of halogens is 1. The van der Waals surface area contributed by atoms with Gasteiger partial charge in [-0.15, -0.1) is 0 Å². The lowest BCUT2D eigenvalue weighted by molar-refractivity contribution is -0.0758. The zero-order valence-electron chi connectivity index (χ0n) is 5.36. The second-order valence-electron chi connectivity index (χ2n) is 1.72. The van der Waals surface area contributed by atoms with Gasteiger partial charge in [-0.3, -0.25) is 4.94 Å². The third-order valence-corrected chi connectivity index (χ3v) is 0.653. The molecule has 0 saturated heterocycles. The van der Waals surface area contributed by atoms with Crippen molar-refractivity contribution >= 4 is 0 Å². The SMILES string of the molecule is C=C(C)/C=C\C(=C)OF. The molecule has 0 radical (unpaired) electrons. The highest BCUT2D eigenvalue weighted by Crippen LogP contribution is 1.98. The number of allylic oxidation sites excluding steroid dienone is 3. The summed E-state index contributed by atoms with van der Waals surface area (Å²) in [5.41, 5.74) is 0.827. The van der Waals surface area contributed by atoms with E-state index in [1.807, 2.05) is 0 Å². The Balaban J connectivity index is 3.71. The molecule has 1 nitrogen and oxygen atoms in total. The fourth-order valence-electron chi connectivity index (χ4n) is 0.261. The highest BCUT2D eigenvalue weighted by atomic mass is 19.3. The van der Waals surface area contributed by atoms with Crippen molar-refractivity contribution in [3.63, 3.8) is 0 Å². The Labute approximate surface area is 54.0 Å². The second-order valence-corrected chi connectivity index (χ2v) is 1.72. The summed E-state index contributed by atoms with van der Waals surface area (Å²) < 4.78 is 11.2. The van der Waals surface area contributed by atoms with Crippen LogP contribution in [0.4, 0.5) is 4.53 Å². The highest BCUT2D eigenvalue weighted by Gasteiger charge is 1.83. The predicted octanol–water partition coefficient (Wildman–Crippen LogP) is 2.53. The highest BCUT2D eigenvalue weighted by molar-refractivity contribution is 5.18. The van der Waals surface area contributed by atoms with Crippen molar-refractivity contribution in [2.75, 3.05) is 0 Å². The van der Waals surface area contributed by atoms with Gasteiger partial charge in [0, 0.05) is 4.53 Å². The third kappa shape index (κ3) is 4.81. The molecule has 0 bridgehead atoms. The predicted molar refractivity (Wildman–Crippen MR) is 35.3 cm³/mol. The normalized spacial score (nSPS) is 9.56. The lowest BCUT2D eigenvalue weighted by Gasteiger charge is -1.87. The second kappa shape index (κ2) is 3.89. The third-order valence-electron chi connectivity index (χ3n) is 0.653. The Hall–Kier alpha value is -1.05. The summed E-state index contributed by atoms with van der Waals surface area (Å²) in [7, 11) is 0. The fraction of sp³-hybridized carbons (Fsp3) is 0.143. The van der Waals surface area contributed by atoms with Crippen LogP contribution in [0.3, 0.4) is 0 Å². The van der Waals surface area contributed by atoms with E-state index in [0.29, 0.717) is 0 Å². The molecular weight excluding hydrogens is 119 g/mol. The van der Waals surface area contributed by atoms with Crippen molar-refractivity contribution in [1.29, 1.82) is 0 Å². The molecule has 0 aliphatic carbocycles. The van der Waals surface area contributed by atoms with Gasteiger partial charge in [0.2, 0.25) is 0 Å². The molecular formula is C7H9FO. The first-order valence-corrected chi connectivity index (χ1v) is 2.48. The standard InChI is InChI=1S/C7H9FO/c1-6(2)4-5-7(3)9-8/h4-5H,1,3H2,2H3/b5-4-. The molecule has 0 N–H and O–H groups in total. The first-order valence-electron chi connectivity index (χ1n) is 2.48. The molecule has 0 aliphatic rings. The molecule has 0 aromatic heterocycles. The number of rotatable bonds is 3. The zero-order valence-corrected chi connectivity index (χ0v) is 5.36. The molecule has 0 aliphatic heterocycles. The summed E-state index contributed by atoms with van der Waals surface area (Å²) in [6, 6.07) is 0.